The van der Waals surface area contributed by atoms with E-state index < -0.39 is 0 Å². The molecular formula is C16H14BrClO. The highest BCUT2D eigenvalue weighted by molar-refractivity contribution is 9.09. The number of benzene rings is 2. The van der Waals surface area contributed by atoms with Gasteiger partial charge in [0.2, 0.25) is 0 Å². The second-order valence-corrected chi connectivity index (χ2v) is 5.52. The second-order valence-electron chi connectivity index (χ2n) is 4.29. The van der Waals surface area contributed by atoms with Crippen LogP contribution in [0.4, 0.5) is 0 Å². The van der Waals surface area contributed by atoms with Gasteiger partial charge in [-0.2, -0.15) is 0 Å². The Balaban J connectivity index is 2.37. The van der Waals surface area contributed by atoms with Crippen molar-refractivity contribution in [3.8, 4) is 0 Å². The van der Waals surface area contributed by atoms with Gasteiger partial charge in [0.25, 0.3) is 0 Å². The number of aryl methyl sites for hydroxylation is 1. The molecular weight excluding hydrogens is 324 g/mol. The number of ketones is 1. The first-order valence-electron chi connectivity index (χ1n) is 6.16. The van der Waals surface area contributed by atoms with Crippen LogP contribution in [0.2, 0.25) is 5.02 Å². The van der Waals surface area contributed by atoms with Gasteiger partial charge in [0, 0.05) is 21.5 Å². The minimum atomic E-state index is 0.0349. The van der Waals surface area contributed by atoms with Crippen LogP contribution >= 0.6 is 27.5 Å². The van der Waals surface area contributed by atoms with E-state index in [0.29, 0.717) is 16.1 Å². The zero-order valence-electron chi connectivity index (χ0n) is 10.4. The lowest BCUT2D eigenvalue weighted by atomic mass is 9.96. The van der Waals surface area contributed by atoms with Crippen molar-refractivity contribution < 1.29 is 4.79 Å². The van der Waals surface area contributed by atoms with E-state index >= 15 is 0 Å². The highest BCUT2D eigenvalue weighted by atomic mass is 79.9. The topological polar surface area (TPSA) is 17.1 Å². The molecule has 0 saturated carbocycles. The summed E-state index contributed by atoms with van der Waals surface area (Å²) in [4.78, 5) is 12.5. The maximum atomic E-state index is 12.5. The van der Waals surface area contributed by atoms with Crippen LogP contribution in [0, 0.1) is 0 Å². The molecule has 98 valence electrons. The standard InChI is InChI=1S/C16H14BrClO/c17-10-4-7-12-8-9-14(18)11-15(12)16(19)13-5-2-1-3-6-13/h1-3,5-6,8-9,11H,4,7,10H2. The molecule has 2 aromatic rings. The molecule has 19 heavy (non-hydrogen) atoms. The summed E-state index contributed by atoms with van der Waals surface area (Å²) in [5, 5.41) is 1.52. The van der Waals surface area contributed by atoms with Crippen LogP contribution in [0.1, 0.15) is 27.9 Å². The number of halogens is 2. The van der Waals surface area contributed by atoms with E-state index in [2.05, 4.69) is 15.9 Å². The van der Waals surface area contributed by atoms with Crippen LogP contribution in [0.5, 0.6) is 0 Å². The summed E-state index contributed by atoms with van der Waals surface area (Å²) in [5.41, 5.74) is 2.46. The summed E-state index contributed by atoms with van der Waals surface area (Å²) in [7, 11) is 0. The quantitative estimate of drug-likeness (QED) is 0.560. The molecule has 0 aliphatic carbocycles. The normalized spacial score (nSPS) is 10.4. The zero-order chi connectivity index (χ0) is 13.7. The van der Waals surface area contributed by atoms with Crippen LogP contribution < -0.4 is 0 Å². The van der Waals surface area contributed by atoms with Crippen LogP contribution in [0.25, 0.3) is 0 Å². The summed E-state index contributed by atoms with van der Waals surface area (Å²) in [5.74, 6) is 0.0349. The Labute approximate surface area is 126 Å². The predicted molar refractivity (Wildman–Crippen MR) is 83.4 cm³/mol. The lowest BCUT2D eigenvalue weighted by molar-refractivity contribution is 0.103. The molecule has 0 aromatic heterocycles. The summed E-state index contributed by atoms with van der Waals surface area (Å²) in [6.45, 7) is 0. The summed E-state index contributed by atoms with van der Waals surface area (Å²) in [6, 6.07) is 14.9. The summed E-state index contributed by atoms with van der Waals surface area (Å²) >= 11 is 9.44. The Morgan fingerprint density at radius 2 is 1.84 bits per heavy atom. The maximum Gasteiger partial charge on any atom is 0.193 e. The Morgan fingerprint density at radius 3 is 2.53 bits per heavy atom. The van der Waals surface area contributed by atoms with E-state index in [-0.39, 0.29) is 5.78 Å². The summed E-state index contributed by atoms with van der Waals surface area (Å²) in [6.07, 6.45) is 1.87. The van der Waals surface area contributed by atoms with Gasteiger partial charge in [0.15, 0.2) is 5.78 Å². The molecule has 0 fully saturated rings. The third-order valence-corrected chi connectivity index (χ3v) is 3.73. The minimum Gasteiger partial charge on any atom is -0.289 e. The molecule has 0 unspecified atom stereocenters. The molecule has 0 aliphatic rings. The van der Waals surface area contributed by atoms with Gasteiger partial charge in [-0.15, -0.1) is 0 Å². The largest absolute Gasteiger partial charge is 0.289 e. The van der Waals surface area contributed by atoms with Gasteiger partial charge in [0.05, 0.1) is 0 Å². The van der Waals surface area contributed by atoms with Crippen molar-refractivity contribution in [2.45, 2.75) is 12.8 Å². The van der Waals surface area contributed by atoms with Crippen LogP contribution in [0.15, 0.2) is 48.5 Å². The highest BCUT2D eigenvalue weighted by Gasteiger charge is 2.13. The molecule has 1 nitrogen and oxygen atoms in total. The number of hydrogen-bond acceptors (Lipinski definition) is 1. The van der Waals surface area contributed by atoms with Crippen molar-refractivity contribution >= 4 is 33.3 Å². The first-order chi connectivity index (χ1) is 9.22. The Kier molecular flexibility index (Phi) is 5.17. The first kappa shape index (κ1) is 14.3. The third kappa shape index (κ3) is 3.68. The monoisotopic (exact) mass is 336 g/mol. The van der Waals surface area contributed by atoms with Crippen molar-refractivity contribution in [2.24, 2.45) is 0 Å². The molecule has 0 bridgehead atoms. The van der Waals surface area contributed by atoms with Crippen molar-refractivity contribution in [1.29, 1.82) is 0 Å². The molecule has 0 radical (unpaired) electrons. The molecule has 2 aromatic carbocycles. The Morgan fingerprint density at radius 1 is 1.11 bits per heavy atom. The minimum absolute atomic E-state index is 0.0349. The molecule has 2 rings (SSSR count). The van der Waals surface area contributed by atoms with Gasteiger partial charge in [-0.3, -0.25) is 4.79 Å². The number of hydrogen-bond donors (Lipinski definition) is 0. The second kappa shape index (κ2) is 6.88. The predicted octanol–water partition coefficient (Wildman–Crippen LogP) is 4.90. The Bertz CT molecular complexity index is 566. The molecule has 3 heteroatoms. The maximum absolute atomic E-state index is 12.5. The molecule has 0 saturated heterocycles. The van der Waals surface area contributed by atoms with E-state index in [1.54, 1.807) is 6.07 Å². The average molecular weight is 338 g/mol. The molecule has 0 N–H and O–H groups in total. The van der Waals surface area contributed by atoms with Crippen molar-refractivity contribution in [3.63, 3.8) is 0 Å². The van der Waals surface area contributed by atoms with E-state index in [9.17, 15) is 4.79 Å². The SMILES string of the molecule is O=C(c1ccccc1)c1cc(Cl)ccc1CCCBr. The van der Waals surface area contributed by atoms with E-state index in [4.69, 9.17) is 11.6 Å². The fourth-order valence-corrected chi connectivity index (χ4v) is 2.43. The molecule has 0 heterocycles. The van der Waals surface area contributed by atoms with Gasteiger partial charge in [-0.25, -0.2) is 0 Å². The van der Waals surface area contributed by atoms with Crippen molar-refractivity contribution in [1.82, 2.24) is 0 Å². The lowest BCUT2D eigenvalue weighted by Gasteiger charge is -2.09. The average Bonchev–Trinajstić information content (AvgIpc) is 2.46. The van der Waals surface area contributed by atoms with Crippen LogP contribution in [-0.2, 0) is 6.42 Å². The number of rotatable bonds is 5. The zero-order valence-corrected chi connectivity index (χ0v) is 12.7. The summed E-state index contributed by atoms with van der Waals surface area (Å²) < 4.78 is 0. The van der Waals surface area contributed by atoms with Crippen LogP contribution in [0.3, 0.4) is 0 Å². The van der Waals surface area contributed by atoms with Crippen molar-refractivity contribution in [2.75, 3.05) is 5.33 Å². The van der Waals surface area contributed by atoms with Crippen molar-refractivity contribution in [3.05, 3.63) is 70.2 Å². The van der Waals surface area contributed by atoms with Gasteiger partial charge in [-0.05, 0) is 30.5 Å². The van der Waals surface area contributed by atoms with Gasteiger partial charge >= 0.3 is 0 Å². The molecule has 0 aliphatic heterocycles. The first-order valence-corrected chi connectivity index (χ1v) is 7.66. The number of carbonyl (C=O) groups excluding carboxylic acids is 1. The number of alkyl halides is 1. The lowest BCUT2D eigenvalue weighted by Crippen LogP contribution is -2.05. The Hall–Kier alpha value is -1.12. The van der Waals surface area contributed by atoms with E-state index in [1.165, 1.54) is 0 Å². The highest BCUT2D eigenvalue weighted by Crippen LogP contribution is 2.21. The fraction of sp³-hybridized carbons (Fsp3) is 0.188. The molecule has 0 spiro atoms. The third-order valence-electron chi connectivity index (χ3n) is 2.93. The van der Waals surface area contributed by atoms with E-state index in [1.807, 2.05) is 42.5 Å². The fourth-order valence-electron chi connectivity index (χ4n) is 1.98. The van der Waals surface area contributed by atoms with Gasteiger partial charge in [-0.1, -0.05) is 63.9 Å². The van der Waals surface area contributed by atoms with E-state index in [0.717, 1.165) is 23.7 Å². The van der Waals surface area contributed by atoms with Gasteiger partial charge in [0.1, 0.15) is 0 Å². The van der Waals surface area contributed by atoms with Crippen LogP contribution in [-0.4, -0.2) is 11.1 Å². The molecule has 0 atom stereocenters. The number of carbonyl (C=O) groups is 1. The molecule has 0 amide bonds. The smallest absolute Gasteiger partial charge is 0.193 e. The van der Waals surface area contributed by atoms with Gasteiger partial charge < -0.3 is 0 Å².